The zero-order valence-corrected chi connectivity index (χ0v) is 10.8. The topological polar surface area (TPSA) is 17.1 Å². The van der Waals surface area contributed by atoms with E-state index in [-0.39, 0.29) is 0 Å². The van der Waals surface area contributed by atoms with Crippen LogP contribution in [-0.4, -0.2) is 5.78 Å². The van der Waals surface area contributed by atoms with Crippen LogP contribution in [0.25, 0.3) is 0 Å². The number of hydrogen-bond acceptors (Lipinski definition) is 2. The van der Waals surface area contributed by atoms with Crippen molar-refractivity contribution in [1.82, 2.24) is 0 Å². The average Bonchev–Trinajstić information content (AvgIpc) is 2.36. The van der Waals surface area contributed by atoms with Gasteiger partial charge in [0.15, 0.2) is 0 Å². The first-order chi connectivity index (χ1) is 8.34. The SMILES string of the molecule is O=C1CCCC(C/C=C/Sc2ccccc2)C1. The zero-order chi connectivity index (χ0) is 11.9. The lowest BCUT2D eigenvalue weighted by molar-refractivity contribution is -0.121. The van der Waals surface area contributed by atoms with Gasteiger partial charge in [-0.1, -0.05) is 36.0 Å². The minimum Gasteiger partial charge on any atom is -0.300 e. The number of ketones is 1. The Bertz CT molecular complexity index is 383. The summed E-state index contributed by atoms with van der Waals surface area (Å²) in [4.78, 5) is 12.6. The highest BCUT2D eigenvalue weighted by Gasteiger charge is 2.17. The second kappa shape index (κ2) is 6.65. The Hall–Kier alpha value is -1.02. The molecule has 1 nitrogen and oxygen atoms in total. The molecule has 2 heteroatoms. The van der Waals surface area contributed by atoms with Crippen LogP contribution in [0.3, 0.4) is 0 Å². The molecule has 17 heavy (non-hydrogen) atoms. The molecule has 1 atom stereocenters. The van der Waals surface area contributed by atoms with Crippen LogP contribution < -0.4 is 0 Å². The fourth-order valence-electron chi connectivity index (χ4n) is 2.19. The number of benzene rings is 1. The maximum atomic E-state index is 11.3. The molecule has 0 bridgehead atoms. The van der Waals surface area contributed by atoms with Crippen molar-refractivity contribution in [1.29, 1.82) is 0 Å². The quantitative estimate of drug-likeness (QED) is 0.730. The van der Waals surface area contributed by atoms with E-state index in [0.29, 0.717) is 11.7 Å². The van der Waals surface area contributed by atoms with E-state index in [4.69, 9.17) is 0 Å². The number of thioether (sulfide) groups is 1. The molecule has 1 aromatic carbocycles. The van der Waals surface area contributed by atoms with Crippen LogP contribution in [0.5, 0.6) is 0 Å². The molecule has 0 saturated heterocycles. The summed E-state index contributed by atoms with van der Waals surface area (Å²) >= 11 is 1.74. The maximum absolute atomic E-state index is 11.3. The third kappa shape index (κ3) is 4.39. The fourth-order valence-corrected chi connectivity index (χ4v) is 2.87. The van der Waals surface area contributed by atoms with Gasteiger partial charge in [0.25, 0.3) is 0 Å². The van der Waals surface area contributed by atoms with E-state index < -0.39 is 0 Å². The van der Waals surface area contributed by atoms with Crippen molar-refractivity contribution in [2.75, 3.05) is 0 Å². The highest BCUT2D eigenvalue weighted by atomic mass is 32.2. The van der Waals surface area contributed by atoms with Gasteiger partial charge in [0.1, 0.15) is 5.78 Å². The first kappa shape index (κ1) is 12.4. The largest absolute Gasteiger partial charge is 0.300 e. The molecular weight excluding hydrogens is 228 g/mol. The summed E-state index contributed by atoms with van der Waals surface area (Å²) in [6, 6.07) is 10.4. The number of carbonyl (C=O) groups excluding carboxylic acids is 1. The predicted molar refractivity (Wildman–Crippen MR) is 73.0 cm³/mol. The lowest BCUT2D eigenvalue weighted by atomic mass is 9.86. The molecule has 0 aromatic heterocycles. The average molecular weight is 246 g/mol. The maximum Gasteiger partial charge on any atom is 0.133 e. The highest BCUT2D eigenvalue weighted by molar-refractivity contribution is 8.02. The Morgan fingerprint density at radius 1 is 1.29 bits per heavy atom. The van der Waals surface area contributed by atoms with Crippen molar-refractivity contribution < 1.29 is 4.79 Å². The van der Waals surface area contributed by atoms with Crippen LogP contribution >= 0.6 is 11.8 Å². The Morgan fingerprint density at radius 3 is 2.88 bits per heavy atom. The summed E-state index contributed by atoms with van der Waals surface area (Å²) in [5.74, 6) is 1.04. The molecule has 90 valence electrons. The summed E-state index contributed by atoms with van der Waals surface area (Å²) in [6.45, 7) is 0. The molecule has 0 N–H and O–H groups in total. The minimum absolute atomic E-state index is 0.449. The third-order valence-corrected chi connectivity index (χ3v) is 3.97. The fraction of sp³-hybridized carbons (Fsp3) is 0.400. The van der Waals surface area contributed by atoms with Crippen LogP contribution in [0.2, 0.25) is 0 Å². The first-order valence-corrected chi connectivity index (χ1v) is 7.11. The van der Waals surface area contributed by atoms with Crippen molar-refractivity contribution in [2.45, 2.75) is 37.0 Å². The van der Waals surface area contributed by atoms with E-state index in [1.165, 1.54) is 11.3 Å². The number of hydrogen-bond donors (Lipinski definition) is 0. The van der Waals surface area contributed by atoms with Crippen LogP contribution in [-0.2, 0) is 4.79 Å². The lowest BCUT2D eigenvalue weighted by Crippen LogP contribution is -2.13. The number of allylic oxidation sites excluding steroid dienone is 1. The molecule has 0 amide bonds. The Labute approximate surface area is 107 Å². The standard InChI is InChI=1S/C15H18OS/c16-14-8-4-6-13(12-14)7-5-11-17-15-9-2-1-3-10-15/h1-3,5,9-11,13H,4,6-8,12H2/b11-5+. The molecule has 0 spiro atoms. The van der Waals surface area contributed by atoms with Crippen LogP contribution in [0, 0.1) is 5.92 Å². The monoisotopic (exact) mass is 246 g/mol. The van der Waals surface area contributed by atoms with Crippen LogP contribution in [0.15, 0.2) is 46.7 Å². The van der Waals surface area contributed by atoms with Gasteiger partial charge in [-0.25, -0.2) is 0 Å². The minimum atomic E-state index is 0.449. The van der Waals surface area contributed by atoms with Gasteiger partial charge in [-0.3, -0.25) is 4.79 Å². The molecule has 2 rings (SSSR count). The van der Waals surface area contributed by atoms with Crippen molar-refractivity contribution in [3.63, 3.8) is 0 Å². The van der Waals surface area contributed by atoms with Crippen LogP contribution in [0.1, 0.15) is 32.1 Å². The van der Waals surface area contributed by atoms with Gasteiger partial charge in [0, 0.05) is 17.7 Å². The van der Waals surface area contributed by atoms with Gasteiger partial charge in [-0.05, 0) is 42.7 Å². The Kier molecular flexibility index (Phi) is 4.87. The van der Waals surface area contributed by atoms with Crippen LogP contribution in [0.4, 0.5) is 0 Å². The summed E-state index contributed by atoms with van der Waals surface area (Å²) in [6.07, 6.45) is 7.15. The summed E-state index contributed by atoms with van der Waals surface area (Å²) in [7, 11) is 0. The van der Waals surface area contributed by atoms with Crippen molar-refractivity contribution >= 4 is 17.5 Å². The molecule has 1 saturated carbocycles. The molecule has 0 heterocycles. The lowest BCUT2D eigenvalue weighted by Gasteiger charge is -2.18. The van der Waals surface area contributed by atoms with Gasteiger partial charge in [-0.15, -0.1) is 0 Å². The summed E-state index contributed by atoms with van der Waals surface area (Å²) in [5.41, 5.74) is 0. The second-order valence-electron chi connectivity index (χ2n) is 4.54. The molecule has 1 aliphatic rings. The van der Waals surface area contributed by atoms with Gasteiger partial charge in [0.05, 0.1) is 0 Å². The van der Waals surface area contributed by atoms with Gasteiger partial charge < -0.3 is 0 Å². The molecule has 1 fully saturated rings. The van der Waals surface area contributed by atoms with E-state index in [0.717, 1.165) is 25.7 Å². The number of carbonyl (C=O) groups is 1. The molecular formula is C15H18OS. The smallest absolute Gasteiger partial charge is 0.133 e. The van der Waals surface area contributed by atoms with E-state index in [9.17, 15) is 4.79 Å². The van der Waals surface area contributed by atoms with Gasteiger partial charge in [-0.2, -0.15) is 0 Å². The summed E-state index contributed by atoms with van der Waals surface area (Å²) < 4.78 is 0. The molecule has 1 aromatic rings. The predicted octanol–water partition coefficient (Wildman–Crippen LogP) is 4.44. The first-order valence-electron chi connectivity index (χ1n) is 6.23. The van der Waals surface area contributed by atoms with Crippen molar-refractivity contribution in [2.24, 2.45) is 5.92 Å². The van der Waals surface area contributed by atoms with E-state index >= 15 is 0 Å². The normalized spacial score (nSPS) is 20.9. The highest BCUT2D eigenvalue weighted by Crippen LogP contribution is 2.25. The molecule has 0 aliphatic heterocycles. The second-order valence-corrected chi connectivity index (χ2v) is 5.52. The van der Waals surface area contributed by atoms with Gasteiger partial charge in [0.2, 0.25) is 0 Å². The molecule has 1 unspecified atom stereocenters. The zero-order valence-electron chi connectivity index (χ0n) is 9.97. The van der Waals surface area contributed by atoms with E-state index in [1.807, 2.05) is 6.07 Å². The number of rotatable bonds is 4. The Morgan fingerprint density at radius 2 is 2.12 bits per heavy atom. The third-order valence-electron chi connectivity index (χ3n) is 3.10. The Balaban J connectivity index is 1.73. The van der Waals surface area contributed by atoms with Gasteiger partial charge >= 0.3 is 0 Å². The number of Topliss-reactive ketones (excluding diaryl/α,β-unsaturated/α-hetero) is 1. The van der Waals surface area contributed by atoms with E-state index in [2.05, 4.69) is 35.7 Å². The van der Waals surface area contributed by atoms with E-state index in [1.54, 1.807) is 11.8 Å². The van der Waals surface area contributed by atoms with Crippen molar-refractivity contribution in [3.8, 4) is 0 Å². The van der Waals surface area contributed by atoms with Crippen molar-refractivity contribution in [3.05, 3.63) is 41.8 Å². The molecule has 1 aliphatic carbocycles. The summed E-state index contributed by atoms with van der Waals surface area (Å²) in [5, 5.41) is 2.15. The molecule has 0 radical (unpaired) electrons.